The first kappa shape index (κ1) is 16.2. The number of aromatic nitrogens is 1. The van der Waals surface area contributed by atoms with Crippen LogP contribution in [0.3, 0.4) is 0 Å². The van der Waals surface area contributed by atoms with Crippen LogP contribution in [-0.2, 0) is 12.6 Å². The van der Waals surface area contributed by atoms with Gasteiger partial charge in [0, 0.05) is 23.1 Å². The molecule has 0 radical (unpaired) electrons. The van der Waals surface area contributed by atoms with Gasteiger partial charge in [-0.3, -0.25) is 4.90 Å². The summed E-state index contributed by atoms with van der Waals surface area (Å²) in [6, 6.07) is 11.8. The van der Waals surface area contributed by atoms with Gasteiger partial charge in [0.25, 0.3) is 0 Å². The van der Waals surface area contributed by atoms with Gasteiger partial charge in [0.05, 0.1) is 11.6 Å². The molecule has 0 saturated carbocycles. The maximum absolute atomic E-state index is 12.8. The molecular formula is C20H19F3N2. The Labute approximate surface area is 144 Å². The Kier molecular flexibility index (Phi) is 3.65. The summed E-state index contributed by atoms with van der Waals surface area (Å²) in [5.41, 5.74) is 4.91. The molecule has 130 valence electrons. The van der Waals surface area contributed by atoms with Crippen LogP contribution in [0.5, 0.6) is 0 Å². The van der Waals surface area contributed by atoms with Gasteiger partial charge < -0.3 is 4.98 Å². The highest BCUT2D eigenvalue weighted by Crippen LogP contribution is 2.38. The quantitative estimate of drug-likeness (QED) is 0.653. The Morgan fingerprint density at radius 3 is 2.48 bits per heavy atom. The molecule has 0 saturated heterocycles. The number of hydrogen-bond acceptors (Lipinski definition) is 1. The Morgan fingerprint density at radius 1 is 1.08 bits per heavy atom. The molecule has 2 nitrogen and oxygen atoms in total. The number of nitrogens with zero attached hydrogens (tertiary/aromatic N) is 1. The lowest BCUT2D eigenvalue weighted by atomic mass is 9.92. The summed E-state index contributed by atoms with van der Waals surface area (Å²) in [4.78, 5) is 5.70. The first-order chi connectivity index (χ1) is 11.8. The van der Waals surface area contributed by atoms with E-state index < -0.39 is 11.7 Å². The molecule has 0 amide bonds. The van der Waals surface area contributed by atoms with Gasteiger partial charge in [0.2, 0.25) is 0 Å². The maximum atomic E-state index is 12.8. The number of likely N-dealkylation sites (N-methyl/N-ethyl adjacent to an activating group) is 1. The SMILES string of the molecule is Cc1ccc2c3c([nH]c2c1)C(c1ccc(C(F)(F)F)cc1)N(C)CC3. The monoisotopic (exact) mass is 344 g/mol. The van der Waals surface area contributed by atoms with Crippen molar-refractivity contribution in [3.05, 3.63) is 70.4 Å². The van der Waals surface area contributed by atoms with Gasteiger partial charge in [-0.25, -0.2) is 0 Å². The van der Waals surface area contributed by atoms with E-state index in [2.05, 4.69) is 35.0 Å². The minimum Gasteiger partial charge on any atom is -0.357 e. The minimum absolute atomic E-state index is 0.0567. The first-order valence-electron chi connectivity index (χ1n) is 8.33. The number of hydrogen-bond donors (Lipinski definition) is 1. The molecule has 2 heterocycles. The van der Waals surface area contributed by atoms with Crippen molar-refractivity contribution >= 4 is 10.9 Å². The molecule has 4 rings (SSSR count). The van der Waals surface area contributed by atoms with Crippen molar-refractivity contribution in [2.24, 2.45) is 0 Å². The number of rotatable bonds is 1. The van der Waals surface area contributed by atoms with Gasteiger partial charge in [-0.1, -0.05) is 24.3 Å². The van der Waals surface area contributed by atoms with Crippen LogP contribution < -0.4 is 0 Å². The van der Waals surface area contributed by atoms with Crippen LogP contribution in [0, 0.1) is 6.92 Å². The molecule has 3 aromatic rings. The highest BCUT2D eigenvalue weighted by atomic mass is 19.4. The summed E-state index contributed by atoms with van der Waals surface area (Å²) in [6.45, 7) is 2.93. The second-order valence-corrected chi connectivity index (χ2v) is 6.82. The summed E-state index contributed by atoms with van der Waals surface area (Å²) >= 11 is 0. The third-order valence-corrected chi connectivity index (χ3v) is 5.08. The summed E-state index contributed by atoms with van der Waals surface area (Å²) in [5.74, 6) is 0. The standard InChI is InChI=1S/C20H19F3N2/c1-12-3-8-15-16-9-10-25(2)19(18(16)24-17(15)11-12)13-4-6-14(7-5-13)20(21,22)23/h3-8,11,19,24H,9-10H2,1-2H3. The topological polar surface area (TPSA) is 19.0 Å². The van der Waals surface area contributed by atoms with Gasteiger partial charge in [0.1, 0.15) is 0 Å². The van der Waals surface area contributed by atoms with Gasteiger partial charge >= 0.3 is 6.18 Å². The molecule has 1 aromatic heterocycles. The molecule has 2 aromatic carbocycles. The lowest BCUT2D eigenvalue weighted by Crippen LogP contribution is -2.32. The van der Waals surface area contributed by atoms with Crippen LogP contribution in [0.25, 0.3) is 10.9 Å². The zero-order valence-electron chi connectivity index (χ0n) is 14.1. The second kappa shape index (κ2) is 5.63. The lowest BCUT2D eigenvalue weighted by Gasteiger charge is -2.33. The van der Waals surface area contributed by atoms with Crippen molar-refractivity contribution in [1.29, 1.82) is 0 Å². The molecule has 5 heteroatoms. The van der Waals surface area contributed by atoms with E-state index in [-0.39, 0.29) is 6.04 Å². The highest BCUT2D eigenvalue weighted by Gasteiger charge is 2.32. The number of halogens is 3. The number of fused-ring (bicyclic) bond motifs is 3. The van der Waals surface area contributed by atoms with Crippen LogP contribution in [-0.4, -0.2) is 23.5 Å². The van der Waals surface area contributed by atoms with Crippen molar-refractivity contribution in [1.82, 2.24) is 9.88 Å². The number of aryl methyl sites for hydroxylation is 1. The second-order valence-electron chi connectivity index (χ2n) is 6.82. The van der Waals surface area contributed by atoms with Crippen molar-refractivity contribution in [2.45, 2.75) is 25.6 Å². The Hall–Kier alpha value is -2.27. The van der Waals surface area contributed by atoms with E-state index in [0.717, 1.165) is 29.7 Å². The zero-order chi connectivity index (χ0) is 17.8. The van der Waals surface area contributed by atoms with Crippen LogP contribution >= 0.6 is 0 Å². The Morgan fingerprint density at radius 2 is 1.80 bits per heavy atom. The first-order valence-corrected chi connectivity index (χ1v) is 8.33. The number of benzene rings is 2. The van der Waals surface area contributed by atoms with Crippen molar-refractivity contribution in [3.8, 4) is 0 Å². The van der Waals surface area contributed by atoms with Crippen LogP contribution in [0.4, 0.5) is 13.2 Å². The van der Waals surface area contributed by atoms with Crippen molar-refractivity contribution < 1.29 is 13.2 Å². The molecule has 1 aliphatic heterocycles. The molecule has 1 aliphatic rings. The minimum atomic E-state index is -4.30. The number of H-pyrrole nitrogens is 1. The predicted octanol–water partition coefficient (Wildman–Crippen LogP) is 5.07. The Balaban J connectivity index is 1.82. The summed E-state index contributed by atoms with van der Waals surface area (Å²) in [6.07, 6.45) is -3.37. The molecule has 0 fully saturated rings. The smallest absolute Gasteiger partial charge is 0.357 e. The molecule has 0 aliphatic carbocycles. The van der Waals surface area contributed by atoms with E-state index in [1.54, 1.807) is 12.1 Å². The van der Waals surface area contributed by atoms with E-state index in [9.17, 15) is 13.2 Å². The molecule has 1 atom stereocenters. The zero-order valence-corrected chi connectivity index (χ0v) is 14.1. The van der Waals surface area contributed by atoms with Gasteiger partial charge in [-0.2, -0.15) is 13.2 Å². The fourth-order valence-corrected chi connectivity index (χ4v) is 3.81. The van der Waals surface area contributed by atoms with Crippen molar-refractivity contribution in [2.75, 3.05) is 13.6 Å². The highest BCUT2D eigenvalue weighted by molar-refractivity contribution is 5.86. The molecule has 0 spiro atoms. The van der Waals surface area contributed by atoms with Gasteiger partial charge in [-0.05, 0) is 55.3 Å². The predicted molar refractivity (Wildman–Crippen MR) is 92.7 cm³/mol. The lowest BCUT2D eigenvalue weighted by molar-refractivity contribution is -0.137. The van der Waals surface area contributed by atoms with E-state index in [1.165, 1.54) is 28.6 Å². The third kappa shape index (κ3) is 2.72. The molecule has 1 unspecified atom stereocenters. The Bertz CT molecular complexity index is 923. The van der Waals surface area contributed by atoms with Crippen molar-refractivity contribution in [3.63, 3.8) is 0 Å². The average Bonchev–Trinajstić information content (AvgIpc) is 2.91. The maximum Gasteiger partial charge on any atom is 0.416 e. The normalized spacial score (nSPS) is 18.5. The van der Waals surface area contributed by atoms with Crippen LogP contribution in [0.15, 0.2) is 42.5 Å². The molecule has 25 heavy (non-hydrogen) atoms. The van der Waals surface area contributed by atoms with Gasteiger partial charge in [-0.15, -0.1) is 0 Å². The number of alkyl halides is 3. The van der Waals surface area contributed by atoms with Crippen LogP contribution in [0.1, 0.15) is 34.0 Å². The molecule has 1 N–H and O–H groups in total. The average molecular weight is 344 g/mol. The number of nitrogens with one attached hydrogen (secondary N) is 1. The van der Waals surface area contributed by atoms with Crippen LogP contribution in [0.2, 0.25) is 0 Å². The van der Waals surface area contributed by atoms with E-state index in [1.807, 2.05) is 7.05 Å². The summed E-state index contributed by atoms with van der Waals surface area (Å²) in [5, 5.41) is 1.21. The third-order valence-electron chi connectivity index (χ3n) is 5.08. The largest absolute Gasteiger partial charge is 0.416 e. The van der Waals surface area contributed by atoms with E-state index in [4.69, 9.17) is 0 Å². The van der Waals surface area contributed by atoms with E-state index in [0.29, 0.717) is 0 Å². The molecule has 0 bridgehead atoms. The summed E-state index contributed by atoms with van der Waals surface area (Å²) < 4.78 is 38.5. The van der Waals surface area contributed by atoms with Gasteiger partial charge in [0.15, 0.2) is 0 Å². The summed E-state index contributed by atoms with van der Waals surface area (Å²) in [7, 11) is 2.02. The fourth-order valence-electron chi connectivity index (χ4n) is 3.81. The fraction of sp³-hybridized carbons (Fsp3) is 0.300. The number of aromatic amines is 1. The molecular weight excluding hydrogens is 325 g/mol. The van der Waals surface area contributed by atoms with E-state index >= 15 is 0 Å².